The van der Waals surface area contributed by atoms with Crippen LogP contribution in [0.4, 0.5) is 0 Å². The number of nitrogens with two attached hydrogens (primary N) is 1. The smallest absolute Gasteiger partial charge is 0.216 e. The van der Waals surface area contributed by atoms with Gasteiger partial charge in [0.2, 0.25) is 10.0 Å². The Morgan fingerprint density at radius 3 is 2.41 bits per heavy atom. The fourth-order valence-electron chi connectivity index (χ4n) is 1.66. The van der Waals surface area contributed by atoms with Crippen molar-refractivity contribution in [3.05, 3.63) is 17.0 Å². The minimum Gasteiger partial charge on any atom is -0.361 e. The van der Waals surface area contributed by atoms with Crippen molar-refractivity contribution in [3.8, 4) is 0 Å². The van der Waals surface area contributed by atoms with Gasteiger partial charge in [-0.2, -0.15) is 0 Å². The van der Waals surface area contributed by atoms with Crippen LogP contribution in [0.15, 0.2) is 4.52 Å². The third kappa shape index (κ3) is 3.05. The zero-order valence-corrected chi connectivity index (χ0v) is 11.3. The van der Waals surface area contributed by atoms with Crippen LogP contribution in [0, 0.1) is 13.8 Å². The second kappa shape index (κ2) is 5.16. The van der Waals surface area contributed by atoms with Gasteiger partial charge in [0.1, 0.15) is 5.76 Å². The molecule has 0 bridgehead atoms. The summed E-state index contributed by atoms with van der Waals surface area (Å²) in [6.45, 7) is 6.95. The van der Waals surface area contributed by atoms with Crippen LogP contribution in [0.3, 0.4) is 0 Å². The van der Waals surface area contributed by atoms with Gasteiger partial charge in [-0.25, -0.2) is 13.1 Å². The molecule has 1 aromatic heterocycles. The molecule has 0 spiro atoms. The Balaban J connectivity index is 2.91. The fraction of sp³-hybridized carbons (Fsp3) is 0.700. The van der Waals surface area contributed by atoms with E-state index in [4.69, 9.17) is 10.3 Å². The summed E-state index contributed by atoms with van der Waals surface area (Å²) in [6.07, 6.45) is 0. The Hall–Kier alpha value is -0.920. The van der Waals surface area contributed by atoms with Crippen LogP contribution in [0.5, 0.6) is 0 Å². The van der Waals surface area contributed by atoms with Crippen LogP contribution in [0.1, 0.15) is 36.9 Å². The van der Waals surface area contributed by atoms with E-state index in [0.717, 1.165) is 5.56 Å². The Morgan fingerprint density at radius 2 is 2.00 bits per heavy atom. The third-order valence-corrected chi connectivity index (χ3v) is 4.66. The summed E-state index contributed by atoms with van der Waals surface area (Å²) < 4.78 is 31.3. The number of aromatic nitrogens is 1. The molecule has 7 heteroatoms. The lowest BCUT2D eigenvalue weighted by Gasteiger charge is -2.17. The van der Waals surface area contributed by atoms with Crippen molar-refractivity contribution in [3.63, 3.8) is 0 Å². The number of rotatable bonds is 5. The third-order valence-electron chi connectivity index (χ3n) is 2.72. The van der Waals surface area contributed by atoms with Crippen molar-refractivity contribution < 1.29 is 12.9 Å². The maximum absolute atomic E-state index is 11.8. The molecule has 1 heterocycles. The highest BCUT2D eigenvalue weighted by atomic mass is 32.2. The molecule has 0 aliphatic rings. The van der Waals surface area contributed by atoms with Gasteiger partial charge in [-0.3, -0.25) is 0 Å². The molecule has 0 saturated carbocycles. The first-order chi connectivity index (χ1) is 7.79. The molecular weight excluding hydrogens is 242 g/mol. The highest BCUT2D eigenvalue weighted by Gasteiger charge is 2.25. The largest absolute Gasteiger partial charge is 0.361 e. The zero-order chi connectivity index (χ0) is 13.2. The molecule has 0 aromatic carbocycles. The summed E-state index contributed by atoms with van der Waals surface area (Å²) in [4.78, 5) is 0. The molecule has 1 rings (SSSR count). The van der Waals surface area contributed by atoms with Crippen LogP contribution < -0.4 is 10.5 Å². The van der Waals surface area contributed by atoms with Crippen molar-refractivity contribution in [2.45, 2.75) is 39.0 Å². The highest BCUT2D eigenvalue weighted by molar-refractivity contribution is 7.90. The van der Waals surface area contributed by atoms with Crippen LogP contribution >= 0.6 is 0 Å². The van der Waals surface area contributed by atoms with Crippen molar-refractivity contribution in [1.82, 2.24) is 9.88 Å². The van der Waals surface area contributed by atoms with Crippen LogP contribution in [0.2, 0.25) is 0 Å². The first-order valence-electron chi connectivity index (χ1n) is 5.43. The monoisotopic (exact) mass is 261 g/mol. The summed E-state index contributed by atoms with van der Waals surface area (Å²) in [6, 6.07) is -0.375. The van der Waals surface area contributed by atoms with E-state index in [1.807, 2.05) is 0 Å². The lowest BCUT2D eigenvalue weighted by Crippen LogP contribution is -2.38. The second-order valence-corrected chi connectivity index (χ2v) is 6.30. The van der Waals surface area contributed by atoms with Gasteiger partial charge in [-0.1, -0.05) is 5.16 Å². The number of nitrogens with zero attached hydrogens (tertiary/aromatic N) is 1. The van der Waals surface area contributed by atoms with Gasteiger partial charge in [0.25, 0.3) is 0 Å². The summed E-state index contributed by atoms with van der Waals surface area (Å²) in [7, 11) is -3.41. The van der Waals surface area contributed by atoms with Gasteiger partial charge in [-0.05, 0) is 27.7 Å². The van der Waals surface area contributed by atoms with Gasteiger partial charge in [-0.15, -0.1) is 0 Å². The van der Waals surface area contributed by atoms with E-state index in [-0.39, 0.29) is 12.6 Å². The van der Waals surface area contributed by atoms with Crippen LogP contribution in [0.25, 0.3) is 0 Å². The van der Waals surface area contributed by atoms with E-state index >= 15 is 0 Å². The van der Waals surface area contributed by atoms with E-state index in [1.54, 1.807) is 27.7 Å². The molecule has 2 unspecified atom stereocenters. The van der Waals surface area contributed by atoms with E-state index in [0.29, 0.717) is 11.5 Å². The van der Waals surface area contributed by atoms with Crippen molar-refractivity contribution in [2.24, 2.45) is 5.73 Å². The Kier molecular flexibility index (Phi) is 4.29. The maximum atomic E-state index is 11.8. The molecule has 98 valence electrons. The predicted octanol–water partition coefficient (Wildman–Crippen LogP) is 0.619. The molecule has 0 aliphatic carbocycles. The lowest BCUT2D eigenvalue weighted by molar-refractivity contribution is 0.391. The topological polar surface area (TPSA) is 98.2 Å². The number of aryl methyl sites for hydroxylation is 2. The Labute approximate surface area is 102 Å². The summed E-state index contributed by atoms with van der Waals surface area (Å²) in [5.41, 5.74) is 6.83. The number of hydrogen-bond acceptors (Lipinski definition) is 5. The van der Waals surface area contributed by atoms with Crippen molar-refractivity contribution >= 4 is 10.0 Å². The first kappa shape index (κ1) is 14.1. The number of sulfonamides is 1. The van der Waals surface area contributed by atoms with E-state index < -0.39 is 15.3 Å². The predicted molar refractivity (Wildman–Crippen MR) is 65.0 cm³/mol. The SMILES string of the molecule is Cc1noc(C)c1C(C)NS(=O)(=O)C(C)CN. The number of hydrogen-bond donors (Lipinski definition) is 2. The minimum absolute atomic E-state index is 0.0870. The van der Waals surface area contributed by atoms with Gasteiger partial charge in [0, 0.05) is 18.2 Å². The average molecular weight is 261 g/mol. The van der Waals surface area contributed by atoms with Crippen molar-refractivity contribution in [1.29, 1.82) is 0 Å². The molecule has 3 N–H and O–H groups in total. The number of nitrogens with one attached hydrogen (secondary N) is 1. The highest BCUT2D eigenvalue weighted by Crippen LogP contribution is 2.21. The summed E-state index contributed by atoms with van der Waals surface area (Å²) in [5.74, 6) is 0.623. The second-order valence-electron chi connectivity index (χ2n) is 4.17. The van der Waals surface area contributed by atoms with Gasteiger partial charge < -0.3 is 10.3 Å². The average Bonchev–Trinajstić information content (AvgIpc) is 2.56. The van der Waals surface area contributed by atoms with Crippen molar-refractivity contribution in [2.75, 3.05) is 6.54 Å². The van der Waals surface area contributed by atoms with E-state index in [9.17, 15) is 8.42 Å². The van der Waals surface area contributed by atoms with Gasteiger partial charge >= 0.3 is 0 Å². The standard InChI is InChI=1S/C10H19N3O3S/c1-6(5-11)17(14,15)13-8(3)10-7(2)12-16-9(10)4/h6,8,13H,5,11H2,1-4H3. The molecule has 0 fully saturated rings. The van der Waals surface area contributed by atoms with Gasteiger partial charge in [0.15, 0.2) is 0 Å². The Morgan fingerprint density at radius 1 is 1.41 bits per heavy atom. The molecule has 0 radical (unpaired) electrons. The molecule has 0 saturated heterocycles. The first-order valence-corrected chi connectivity index (χ1v) is 6.98. The molecule has 2 atom stereocenters. The molecular formula is C10H19N3O3S. The molecule has 17 heavy (non-hydrogen) atoms. The Bertz CT molecular complexity index is 461. The maximum Gasteiger partial charge on any atom is 0.216 e. The van der Waals surface area contributed by atoms with Gasteiger partial charge in [0.05, 0.1) is 10.9 Å². The summed E-state index contributed by atoms with van der Waals surface area (Å²) in [5, 5.41) is 3.18. The van der Waals surface area contributed by atoms with Crippen LogP contribution in [-0.4, -0.2) is 25.4 Å². The lowest BCUT2D eigenvalue weighted by atomic mass is 10.1. The van der Waals surface area contributed by atoms with Crippen LogP contribution in [-0.2, 0) is 10.0 Å². The molecule has 0 amide bonds. The molecule has 6 nitrogen and oxygen atoms in total. The summed E-state index contributed by atoms with van der Waals surface area (Å²) >= 11 is 0. The zero-order valence-electron chi connectivity index (χ0n) is 10.5. The molecule has 1 aromatic rings. The van der Waals surface area contributed by atoms with E-state index in [1.165, 1.54) is 0 Å². The molecule has 0 aliphatic heterocycles. The quantitative estimate of drug-likeness (QED) is 0.809. The van der Waals surface area contributed by atoms with E-state index in [2.05, 4.69) is 9.88 Å². The fourth-order valence-corrected chi connectivity index (χ4v) is 2.75. The minimum atomic E-state index is -3.41. The normalized spacial score (nSPS) is 15.8.